The van der Waals surface area contributed by atoms with E-state index in [4.69, 9.17) is 0 Å². The second kappa shape index (κ2) is 26.0. The number of carbonyl (C=O) groups excluding carboxylic acids is 1. The average molecular weight is 590 g/mol. The van der Waals surface area contributed by atoms with E-state index in [1.807, 2.05) is 0 Å². The first-order chi connectivity index (χ1) is 20.5. The van der Waals surface area contributed by atoms with Crippen molar-refractivity contribution in [2.45, 2.75) is 180 Å². The molecule has 1 atom stereocenters. The van der Waals surface area contributed by atoms with Crippen molar-refractivity contribution in [3.63, 3.8) is 0 Å². The molecule has 1 aromatic rings. The number of amides is 1. The van der Waals surface area contributed by atoms with E-state index < -0.39 is 17.6 Å². The number of aliphatic hydroxyl groups excluding tert-OH is 3. The highest BCUT2D eigenvalue weighted by molar-refractivity contribution is 5.81. The number of unbranched alkanes of at least 4 members (excludes halogenated alkanes) is 18. The normalized spacial score (nSPS) is 12.5. The fourth-order valence-electron chi connectivity index (χ4n) is 5.72. The number of nitrogens with one attached hydrogen (secondary N) is 1. The molecule has 0 radical (unpaired) electrons. The highest BCUT2D eigenvalue weighted by atomic mass is 16.3. The summed E-state index contributed by atoms with van der Waals surface area (Å²) in [6, 6.07) is 8.55. The molecule has 0 aliphatic heterocycles. The van der Waals surface area contributed by atoms with E-state index in [1.165, 1.54) is 115 Å². The van der Waals surface area contributed by atoms with Crippen LogP contribution in [0.3, 0.4) is 0 Å². The Bertz CT molecular complexity index is 747. The molecule has 0 aliphatic carbocycles. The summed E-state index contributed by atoms with van der Waals surface area (Å²) in [7, 11) is 0. The van der Waals surface area contributed by atoms with Gasteiger partial charge in [0.25, 0.3) is 0 Å². The SMILES string of the molecule is CCCCCCCCCCCCCCCCC(O)C(=O)NC(CO)(CO)CCc1ccc(CCCCCCCC)cc1. The van der Waals surface area contributed by atoms with Crippen LogP contribution in [0.5, 0.6) is 0 Å². The molecule has 0 fully saturated rings. The van der Waals surface area contributed by atoms with Gasteiger partial charge in [-0.1, -0.05) is 160 Å². The van der Waals surface area contributed by atoms with Crippen LogP contribution in [0.15, 0.2) is 24.3 Å². The van der Waals surface area contributed by atoms with Crippen molar-refractivity contribution in [2.75, 3.05) is 13.2 Å². The monoisotopic (exact) mass is 590 g/mol. The molecule has 0 heterocycles. The standard InChI is InChI=1S/C37H67NO4/c1-3-5-7-9-11-12-13-14-15-16-17-18-20-22-24-35(41)36(42)38-37(31-39,32-40)30-29-34-27-25-33(26-28-34)23-21-19-10-8-6-4-2/h25-28,35,39-41H,3-24,29-32H2,1-2H3,(H,38,42). The van der Waals surface area contributed by atoms with Gasteiger partial charge < -0.3 is 20.6 Å². The minimum Gasteiger partial charge on any atom is -0.394 e. The summed E-state index contributed by atoms with van der Waals surface area (Å²) in [5.74, 6) is -0.498. The summed E-state index contributed by atoms with van der Waals surface area (Å²) >= 11 is 0. The summed E-state index contributed by atoms with van der Waals surface area (Å²) in [6.45, 7) is 3.78. The molecule has 1 amide bonds. The van der Waals surface area contributed by atoms with Crippen molar-refractivity contribution in [2.24, 2.45) is 0 Å². The Kier molecular flexibility index (Phi) is 23.9. The number of rotatable bonds is 29. The largest absolute Gasteiger partial charge is 0.394 e. The Morgan fingerprint density at radius 2 is 1.00 bits per heavy atom. The summed E-state index contributed by atoms with van der Waals surface area (Å²) in [5.41, 5.74) is 1.32. The van der Waals surface area contributed by atoms with Gasteiger partial charge in [-0.3, -0.25) is 4.79 Å². The lowest BCUT2D eigenvalue weighted by Gasteiger charge is -2.32. The first-order valence-corrected chi connectivity index (χ1v) is 17.8. The van der Waals surface area contributed by atoms with E-state index in [2.05, 4.69) is 43.4 Å². The molecule has 5 heteroatoms. The Hall–Kier alpha value is -1.43. The van der Waals surface area contributed by atoms with Crippen molar-refractivity contribution >= 4 is 5.91 Å². The molecule has 0 spiro atoms. The second-order valence-corrected chi connectivity index (χ2v) is 12.8. The van der Waals surface area contributed by atoms with Gasteiger partial charge in [-0.25, -0.2) is 0 Å². The molecule has 0 saturated carbocycles. The molecular weight excluding hydrogens is 522 g/mol. The maximum Gasteiger partial charge on any atom is 0.249 e. The Morgan fingerprint density at radius 1 is 0.619 bits per heavy atom. The summed E-state index contributed by atoms with van der Waals surface area (Å²) in [6.07, 6.45) is 26.9. The fourth-order valence-corrected chi connectivity index (χ4v) is 5.72. The summed E-state index contributed by atoms with van der Waals surface area (Å²) in [5, 5.41) is 33.3. The van der Waals surface area contributed by atoms with Crippen LogP contribution < -0.4 is 5.32 Å². The van der Waals surface area contributed by atoms with E-state index in [0.29, 0.717) is 19.3 Å². The highest BCUT2D eigenvalue weighted by Crippen LogP contribution is 2.18. The minimum atomic E-state index is -1.13. The average Bonchev–Trinajstić information content (AvgIpc) is 3.01. The first kappa shape index (κ1) is 38.6. The number of aliphatic hydroxyl groups is 3. The lowest BCUT2D eigenvalue weighted by molar-refractivity contribution is -0.133. The zero-order valence-corrected chi connectivity index (χ0v) is 27.5. The number of hydrogen-bond acceptors (Lipinski definition) is 4. The lowest BCUT2D eigenvalue weighted by atomic mass is 9.91. The van der Waals surface area contributed by atoms with Gasteiger partial charge >= 0.3 is 0 Å². The van der Waals surface area contributed by atoms with Crippen LogP contribution in [0.2, 0.25) is 0 Å². The quantitative estimate of drug-likeness (QED) is 0.0705. The van der Waals surface area contributed by atoms with Crippen LogP contribution in [0, 0.1) is 0 Å². The number of carbonyl (C=O) groups is 1. The smallest absolute Gasteiger partial charge is 0.249 e. The van der Waals surface area contributed by atoms with Gasteiger partial charge in [0.1, 0.15) is 6.10 Å². The van der Waals surface area contributed by atoms with Gasteiger partial charge in [0, 0.05) is 0 Å². The van der Waals surface area contributed by atoms with Gasteiger partial charge in [0.05, 0.1) is 18.8 Å². The summed E-state index contributed by atoms with van der Waals surface area (Å²) in [4.78, 5) is 12.7. The molecule has 0 aromatic heterocycles. The van der Waals surface area contributed by atoms with Crippen molar-refractivity contribution in [1.82, 2.24) is 5.32 Å². The number of hydrogen-bond donors (Lipinski definition) is 4. The minimum absolute atomic E-state index is 0.364. The predicted octanol–water partition coefficient (Wildman–Crippen LogP) is 8.59. The van der Waals surface area contributed by atoms with E-state index >= 15 is 0 Å². The van der Waals surface area contributed by atoms with E-state index in [9.17, 15) is 20.1 Å². The molecule has 4 N–H and O–H groups in total. The molecular formula is C37H67NO4. The van der Waals surface area contributed by atoms with Gasteiger partial charge in [-0.2, -0.15) is 0 Å². The Morgan fingerprint density at radius 3 is 1.43 bits per heavy atom. The van der Waals surface area contributed by atoms with Crippen LogP contribution in [-0.2, 0) is 17.6 Å². The van der Waals surface area contributed by atoms with Gasteiger partial charge in [-0.15, -0.1) is 0 Å². The zero-order valence-electron chi connectivity index (χ0n) is 27.5. The fraction of sp³-hybridized carbons (Fsp3) is 0.811. The van der Waals surface area contributed by atoms with E-state index in [1.54, 1.807) is 0 Å². The lowest BCUT2D eigenvalue weighted by Crippen LogP contribution is -2.57. The Labute approximate surface area is 259 Å². The molecule has 5 nitrogen and oxygen atoms in total. The van der Waals surface area contributed by atoms with Crippen molar-refractivity contribution in [3.8, 4) is 0 Å². The molecule has 0 bridgehead atoms. The van der Waals surface area contributed by atoms with Crippen LogP contribution in [0.1, 0.15) is 166 Å². The molecule has 1 aromatic carbocycles. The van der Waals surface area contributed by atoms with E-state index in [-0.39, 0.29) is 13.2 Å². The molecule has 42 heavy (non-hydrogen) atoms. The number of aryl methyl sites for hydroxylation is 2. The third-order valence-corrected chi connectivity index (χ3v) is 8.86. The van der Waals surface area contributed by atoms with Crippen LogP contribution >= 0.6 is 0 Å². The van der Waals surface area contributed by atoms with Gasteiger partial charge in [-0.05, 0) is 43.2 Å². The molecule has 1 unspecified atom stereocenters. The van der Waals surface area contributed by atoms with Crippen molar-refractivity contribution < 1.29 is 20.1 Å². The van der Waals surface area contributed by atoms with E-state index in [0.717, 1.165) is 31.2 Å². The second-order valence-electron chi connectivity index (χ2n) is 12.8. The van der Waals surface area contributed by atoms with Gasteiger partial charge in [0.2, 0.25) is 5.91 Å². The van der Waals surface area contributed by atoms with Crippen LogP contribution in [0.25, 0.3) is 0 Å². The van der Waals surface area contributed by atoms with Gasteiger partial charge in [0.15, 0.2) is 0 Å². The molecule has 0 aliphatic rings. The maximum atomic E-state index is 12.7. The Balaban J connectivity index is 2.22. The molecule has 1 rings (SSSR count). The summed E-state index contributed by atoms with van der Waals surface area (Å²) < 4.78 is 0. The van der Waals surface area contributed by atoms with Crippen molar-refractivity contribution in [1.29, 1.82) is 0 Å². The first-order valence-electron chi connectivity index (χ1n) is 17.8. The predicted molar refractivity (Wildman–Crippen MR) is 178 cm³/mol. The highest BCUT2D eigenvalue weighted by Gasteiger charge is 2.32. The topological polar surface area (TPSA) is 89.8 Å². The van der Waals surface area contributed by atoms with Crippen molar-refractivity contribution in [3.05, 3.63) is 35.4 Å². The maximum absolute atomic E-state index is 12.7. The van der Waals surface area contributed by atoms with Crippen LogP contribution in [-0.4, -0.2) is 46.1 Å². The molecule has 0 saturated heterocycles. The third-order valence-electron chi connectivity index (χ3n) is 8.86. The van der Waals surface area contributed by atoms with Crippen LogP contribution in [0.4, 0.5) is 0 Å². The molecule has 244 valence electrons. The third kappa shape index (κ3) is 19.0. The zero-order chi connectivity index (χ0) is 30.7. The number of benzene rings is 1.